The van der Waals surface area contributed by atoms with Crippen LogP contribution in [0.5, 0.6) is 0 Å². The molecule has 0 amide bonds. The fourth-order valence-corrected chi connectivity index (χ4v) is 2.95. The lowest BCUT2D eigenvalue weighted by atomic mass is 10.2. The molecular formula is C12H16N4OS. The molecule has 0 radical (unpaired) electrons. The van der Waals surface area contributed by atoms with Crippen LogP contribution < -0.4 is 5.32 Å². The highest BCUT2D eigenvalue weighted by atomic mass is 32.1. The monoisotopic (exact) mass is 264 g/mol. The molecule has 96 valence electrons. The van der Waals surface area contributed by atoms with Gasteiger partial charge in [0, 0.05) is 18.0 Å². The molecule has 5 nitrogen and oxygen atoms in total. The maximum absolute atomic E-state index is 5.37. The van der Waals surface area contributed by atoms with Crippen LogP contribution in [0, 0.1) is 19.8 Å². The van der Waals surface area contributed by atoms with Crippen LogP contribution in [0.4, 0.5) is 0 Å². The summed E-state index contributed by atoms with van der Waals surface area (Å²) >= 11 is 1.76. The average molecular weight is 264 g/mol. The van der Waals surface area contributed by atoms with E-state index in [1.54, 1.807) is 18.3 Å². The fraction of sp³-hybridized carbons (Fsp3) is 0.583. The molecule has 2 heterocycles. The summed E-state index contributed by atoms with van der Waals surface area (Å²) < 4.78 is 5.37. The van der Waals surface area contributed by atoms with Gasteiger partial charge in [-0.3, -0.25) is 5.32 Å². The number of hydrogen-bond donors (Lipinski definition) is 1. The molecule has 1 aliphatic rings. The van der Waals surface area contributed by atoms with E-state index in [0.717, 1.165) is 0 Å². The van der Waals surface area contributed by atoms with E-state index < -0.39 is 0 Å². The smallest absolute Gasteiger partial charge is 0.230 e. The maximum atomic E-state index is 5.37. The normalized spacial score (nSPS) is 17.0. The van der Waals surface area contributed by atoms with Gasteiger partial charge >= 0.3 is 0 Å². The SMILES string of the molecule is Cc1nnc(CN[C@@H](c2ncc(C)s2)C2CC2)o1. The highest BCUT2D eigenvalue weighted by Crippen LogP contribution is 2.42. The largest absolute Gasteiger partial charge is 0.424 e. The van der Waals surface area contributed by atoms with Crippen LogP contribution in [0.1, 0.15) is 40.5 Å². The molecule has 3 rings (SSSR count). The Bertz CT molecular complexity index is 532. The lowest BCUT2D eigenvalue weighted by Gasteiger charge is -2.14. The summed E-state index contributed by atoms with van der Waals surface area (Å²) in [4.78, 5) is 5.74. The third-order valence-electron chi connectivity index (χ3n) is 3.04. The van der Waals surface area contributed by atoms with Crippen LogP contribution in [0.15, 0.2) is 10.6 Å². The molecule has 0 aliphatic heterocycles. The zero-order chi connectivity index (χ0) is 12.5. The van der Waals surface area contributed by atoms with Gasteiger partial charge in [-0.1, -0.05) is 0 Å². The molecule has 6 heteroatoms. The topological polar surface area (TPSA) is 63.8 Å². The molecule has 2 aromatic rings. The molecule has 0 aromatic carbocycles. The summed E-state index contributed by atoms with van der Waals surface area (Å²) in [5, 5.41) is 12.5. The second kappa shape index (κ2) is 4.78. The van der Waals surface area contributed by atoms with E-state index in [2.05, 4.69) is 27.4 Å². The second-order valence-electron chi connectivity index (χ2n) is 4.72. The van der Waals surface area contributed by atoms with E-state index in [0.29, 0.717) is 30.3 Å². The molecule has 1 saturated carbocycles. The first-order valence-electron chi connectivity index (χ1n) is 6.17. The molecule has 1 aliphatic carbocycles. The average Bonchev–Trinajstić information content (AvgIpc) is 2.96. The molecule has 0 unspecified atom stereocenters. The number of hydrogen-bond acceptors (Lipinski definition) is 6. The van der Waals surface area contributed by atoms with E-state index in [1.807, 2.05) is 6.20 Å². The van der Waals surface area contributed by atoms with Crippen molar-refractivity contribution >= 4 is 11.3 Å². The molecular weight excluding hydrogens is 248 g/mol. The third kappa shape index (κ3) is 2.59. The van der Waals surface area contributed by atoms with Crippen LogP contribution in [0.3, 0.4) is 0 Å². The number of nitrogens with one attached hydrogen (secondary N) is 1. The van der Waals surface area contributed by atoms with Gasteiger partial charge in [0.05, 0.1) is 12.6 Å². The van der Waals surface area contributed by atoms with Crippen LogP contribution >= 0.6 is 11.3 Å². The standard InChI is InChI=1S/C12H16N4OS/c1-7-5-14-12(18-7)11(9-3-4-9)13-6-10-16-15-8(2)17-10/h5,9,11,13H,3-4,6H2,1-2H3/t11-/m1/s1. The van der Waals surface area contributed by atoms with E-state index in [9.17, 15) is 0 Å². The summed E-state index contributed by atoms with van der Waals surface area (Å²) in [7, 11) is 0. The van der Waals surface area contributed by atoms with Gasteiger partial charge in [-0.25, -0.2) is 4.98 Å². The van der Waals surface area contributed by atoms with Gasteiger partial charge in [0.1, 0.15) is 5.01 Å². The Balaban J connectivity index is 1.67. The highest BCUT2D eigenvalue weighted by Gasteiger charge is 2.34. The molecule has 0 saturated heterocycles. The van der Waals surface area contributed by atoms with Crippen molar-refractivity contribution in [3.63, 3.8) is 0 Å². The van der Waals surface area contributed by atoms with Gasteiger partial charge in [-0.2, -0.15) is 0 Å². The Kier molecular flexibility index (Phi) is 3.13. The van der Waals surface area contributed by atoms with Crippen LogP contribution in [0.25, 0.3) is 0 Å². The lowest BCUT2D eigenvalue weighted by molar-refractivity contribution is 0.405. The van der Waals surface area contributed by atoms with E-state index in [1.165, 1.54) is 22.7 Å². The quantitative estimate of drug-likeness (QED) is 0.898. The van der Waals surface area contributed by atoms with Gasteiger partial charge < -0.3 is 4.42 Å². The van der Waals surface area contributed by atoms with Crippen molar-refractivity contribution in [2.75, 3.05) is 0 Å². The van der Waals surface area contributed by atoms with Crippen LogP contribution in [-0.2, 0) is 6.54 Å². The lowest BCUT2D eigenvalue weighted by Crippen LogP contribution is -2.22. The third-order valence-corrected chi connectivity index (χ3v) is 4.04. The van der Waals surface area contributed by atoms with Crippen molar-refractivity contribution in [1.29, 1.82) is 0 Å². The van der Waals surface area contributed by atoms with Gasteiger partial charge in [0.25, 0.3) is 0 Å². The van der Waals surface area contributed by atoms with Crippen LogP contribution in [-0.4, -0.2) is 15.2 Å². The molecule has 1 atom stereocenters. The fourth-order valence-electron chi connectivity index (χ4n) is 2.01. The zero-order valence-corrected chi connectivity index (χ0v) is 11.3. The number of thiazole rings is 1. The van der Waals surface area contributed by atoms with Crippen molar-refractivity contribution in [2.45, 2.75) is 39.3 Å². The summed E-state index contributed by atoms with van der Waals surface area (Å²) in [5.41, 5.74) is 0. The zero-order valence-electron chi connectivity index (χ0n) is 10.5. The number of nitrogens with zero attached hydrogens (tertiary/aromatic N) is 3. The summed E-state index contributed by atoms with van der Waals surface area (Å²) in [6.07, 6.45) is 4.49. The van der Waals surface area contributed by atoms with Gasteiger partial charge in [-0.05, 0) is 25.7 Å². The molecule has 1 N–H and O–H groups in total. The van der Waals surface area contributed by atoms with Gasteiger partial charge in [0.15, 0.2) is 0 Å². The second-order valence-corrected chi connectivity index (χ2v) is 5.99. The van der Waals surface area contributed by atoms with E-state index in [4.69, 9.17) is 4.42 Å². The van der Waals surface area contributed by atoms with E-state index in [-0.39, 0.29) is 0 Å². The van der Waals surface area contributed by atoms with Crippen molar-refractivity contribution < 1.29 is 4.42 Å². The minimum atomic E-state index is 0.330. The Morgan fingerprint density at radius 2 is 2.28 bits per heavy atom. The molecule has 2 aromatic heterocycles. The first-order valence-corrected chi connectivity index (χ1v) is 6.98. The molecule has 0 bridgehead atoms. The number of aromatic nitrogens is 3. The van der Waals surface area contributed by atoms with E-state index >= 15 is 0 Å². The molecule has 0 spiro atoms. The van der Waals surface area contributed by atoms with Crippen molar-refractivity contribution in [1.82, 2.24) is 20.5 Å². The summed E-state index contributed by atoms with van der Waals surface area (Å²) in [6, 6.07) is 0.330. The maximum Gasteiger partial charge on any atom is 0.230 e. The first-order chi connectivity index (χ1) is 8.72. The summed E-state index contributed by atoms with van der Waals surface area (Å²) in [5.74, 6) is 1.96. The summed E-state index contributed by atoms with van der Waals surface area (Å²) in [6.45, 7) is 4.51. The van der Waals surface area contributed by atoms with Crippen LogP contribution in [0.2, 0.25) is 0 Å². The van der Waals surface area contributed by atoms with Gasteiger partial charge in [0.2, 0.25) is 11.8 Å². The van der Waals surface area contributed by atoms with Gasteiger partial charge in [-0.15, -0.1) is 21.5 Å². The first kappa shape index (κ1) is 11.8. The predicted molar refractivity (Wildman–Crippen MR) is 68.2 cm³/mol. The Morgan fingerprint density at radius 1 is 1.44 bits per heavy atom. The highest BCUT2D eigenvalue weighted by molar-refractivity contribution is 7.11. The van der Waals surface area contributed by atoms with Crippen molar-refractivity contribution in [2.24, 2.45) is 5.92 Å². The minimum Gasteiger partial charge on any atom is -0.424 e. The Hall–Kier alpha value is -1.27. The number of aryl methyl sites for hydroxylation is 2. The predicted octanol–water partition coefficient (Wildman–Crippen LogP) is 2.38. The molecule has 18 heavy (non-hydrogen) atoms. The Labute approximate surface area is 110 Å². The Morgan fingerprint density at radius 3 is 2.83 bits per heavy atom. The minimum absolute atomic E-state index is 0.330. The van der Waals surface area contributed by atoms with Crippen molar-refractivity contribution in [3.8, 4) is 0 Å². The molecule has 1 fully saturated rings. The number of rotatable bonds is 5. The van der Waals surface area contributed by atoms with Crippen molar-refractivity contribution in [3.05, 3.63) is 27.9 Å².